The first-order valence-electron chi connectivity index (χ1n) is 8.36. The van der Waals surface area contributed by atoms with Crippen LogP contribution in [0.15, 0.2) is 24.3 Å². The van der Waals surface area contributed by atoms with Gasteiger partial charge in [-0.2, -0.15) is 4.80 Å². The lowest BCUT2D eigenvalue weighted by molar-refractivity contribution is -0.123. The van der Waals surface area contributed by atoms with Gasteiger partial charge in [-0.15, -0.1) is 10.2 Å². The van der Waals surface area contributed by atoms with Crippen molar-refractivity contribution in [1.82, 2.24) is 25.5 Å². The third-order valence-electron chi connectivity index (χ3n) is 4.87. The van der Waals surface area contributed by atoms with Crippen LogP contribution < -0.4 is 5.32 Å². The topological polar surface area (TPSA) is 72.7 Å². The van der Waals surface area contributed by atoms with Crippen LogP contribution in [0.3, 0.4) is 0 Å². The molecule has 0 bridgehead atoms. The monoisotopic (exact) mass is 347 g/mol. The van der Waals surface area contributed by atoms with Crippen LogP contribution in [0.1, 0.15) is 33.1 Å². The fraction of sp³-hybridized carbons (Fsp3) is 0.529. The molecular formula is C17H22ClN5O. The predicted octanol–water partition coefficient (Wildman–Crippen LogP) is 2.93. The molecule has 2 aromatic rings. The van der Waals surface area contributed by atoms with Crippen molar-refractivity contribution >= 4 is 17.5 Å². The SMILES string of the molecule is C[C@@H]1[C@H](C)CCC[C@@H]1NC(=O)Cn1nnc(-c2cccc(Cl)c2)n1. The van der Waals surface area contributed by atoms with Crippen LogP contribution in [0.25, 0.3) is 11.4 Å². The second-order valence-corrected chi connectivity index (χ2v) is 7.03. The van der Waals surface area contributed by atoms with E-state index >= 15 is 0 Å². The number of nitrogens with zero attached hydrogens (tertiary/aromatic N) is 4. The normalized spacial score (nSPS) is 23.9. The van der Waals surface area contributed by atoms with E-state index in [2.05, 4.69) is 34.6 Å². The zero-order valence-corrected chi connectivity index (χ0v) is 14.7. The highest BCUT2D eigenvalue weighted by atomic mass is 35.5. The number of halogens is 1. The summed E-state index contributed by atoms with van der Waals surface area (Å²) in [6, 6.07) is 7.48. The first-order valence-corrected chi connectivity index (χ1v) is 8.74. The minimum atomic E-state index is -0.0732. The van der Waals surface area contributed by atoms with E-state index in [9.17, 15) is 4.79 Å². The lowest BCUT2D eigenvalue weighted by atomic mass is 9.78. The molecule has 24 heavy (non-hydrogen) atoms. The first kappa shape index (κ1) is 16.9. The molecule has 1 aliphatic carbocycles. The van der Waals surface area contributed by atoms with Gasteiger partial charge in [-0.25, -0.2) is 0 Å². The van der Waals surface area contributed by atoms with E-state index in [1.165, 1.54) is 11.2 Å². The number of aromatic nitrogens is 4. The molecule has 7 heteroatoms. The van der Waals surface area contributed by atoms with Gasteiger partial charge in [0.05, 0.1) is 0 Å². The lowest BCUT2D eigenvalue weighted by Gasteiger charge is -2.34. The summed E-state index contributed by atoms with van der Waals surface area (Å²) in [6.45, 7) is 4.53. The molecule has 0 aliphatic heterocycles. The molecule has 3 rings (SSSR count). The van der Waals surface area contributed by atoms with Crippen LogP contribution in [-0.4, -0.2) is 32.2 Å². The smallest absolute Gasteiger partial charge is 0.243 e. The predicted molar refractivity (Wildman–Crippen MR) is 92.4 cm³/mol. The Labute approximate surface area is 146 Å². The Kier molecular flexibility index (Phi) is 5.14. The first-order chi connectivity index (χ1) is 11.5. The fourth-order valence-corrected chi connectivity index (χ4v) is 3.41. The molecule has 1 heterocycles. The molecular weight excluding hydrogens is 326 g/mol. The van der Waals surface area contributed by atoms with E-state index in [1.54, 1.807) is 12.1 Å². The summed E-state index contributed by atoms with van der Waals surface area (Å²) in [5.74, 6) is 1.53. The van der Waals surface area contributed by atoms with Crippen LogP contribution >= 0.6 is 11.6 Å². The number of tetrazole rings is 1. The minimum absolute atomic E-state index is 0.0732. The number of rotatable bonds is 4. The van der Waals surface area contributed by atoms with Gasteiger partial charge in [0.1, 0.15) is 6.54 Å². The van der Waals surface area contributed by atoms with Gasteiger partial charge in [0.2, 0.25) is 11.7 Å². The molecule has 3 atom stereocenters. The third kappa shape index (κ3) is 3.93. The maximum atomic E-state index is 12.3. The zero-order chi connectivity index (χ0) is 17.1. The average Bonchev–Trinajstić information content (AvgIpc) is 3.00. The molecule has 0 radical (unpaired) electrons. The Morgan fingerprint density at radius 3 is 3.00 bits per heavy atom. The van der Waals surface area contributed by atoms with Gasteiger partial charge in [0.25, 0.3) is 0 Å². The number of carbonyl (C=O) groups excluding carboxylic acids is 1. The number of carbonyl (C=O) groups is 1. The van der Waals surface area contributed by atoms with Gasteiger partial charge < -0.3 is 5.32 Å². The summed E-state index contributed by atoms with van der Waals surface area (Å²) in [5.41, 5.74) is 0.781. The van der Waals surface area contributed by atoms with Gasteiger partial charge in [-0.3, -0.25) is 4.79 Å². The second-order valence-electron chi connectivity index (χ2n) is 6.60. The van der Waals surface area contributed by atoms with E-state index in [0.717, 1.165) is 18.4 Å². The molecule has 1 saturated carbocycles. The molecule has 1 aromatic carbocycles. The van der Waals surface area contributed by atoms with E-state index < -0.39 is 0 Å². The van der Waals surface area contributed by atoms with Crippen LogP contribution in [0.2, 0.25) is 5.02 Å². The molecule has 1 N–H and O–H groups in total. The summed E-state index contributed by atoms with van der Waals surface area (Å²) >= 11 is 5.97. The van der Waals surface area contributed by atoms with Crippen LogP contribution in [-0.2, 0) is 11.3 Å². The Morgan fingerprint density at radius 2 is 2.21 bits per heavy atom. The van der Waals surface area contributed by atoms with Crippen molar-refractivity contribution < 1.29 is 4.79 Å². The standard InChI is InChI=1S/C17H22ClN5O/c1-11-5-3-8-15(12(11)2)19-16(24)10-23-21-17(20-22-23)13-6-4-7-14(18)9-13/h4,6-7,9,11-12,15H,3,5,8,10H2,1-2H3,(H,19,24)/t11-,12-,15+/m1/s1. The maximum absolute atomic E-state index is 12.3. The molecule has 0 unspecified atom stereocenters. The van der Waals surface area contributed by atoms with Crippen molar-refractivity contribution in [2.75, 3.05) is 0 Å². The molecule has 1 aliphatic rings. The molecule has 1 aromatic heterocycles. The Hall–Kier alpha value is -1.95. The summed E-state index contributed by atoms with van der Waals surface area (Å²) in [6.07, 6.45) is 3.44. The zero-order valence-electron chi connectivity index (χ0n) is 13.9. The van der Waals surface area contributed by atoms with Crippen LogP contribution in [0.4, 0.5) is 0 Å². The summed E-state index contributed by atoms with van der Waals surface area (Å²) < 4.78 is 0. The number of nitrogens with one attached hydrogen (secondary N) is 1. The molecule has 128 valence electrons. The van der Waals surface area contributed by atoms with Gasteiger partial charge >= 0.3 is 0 Å². The Morgan fingerprint density at radius 1 is 1.38 bits per heavy atom. The summed E-state index contributed by atoms with van der Waals surface area (Å²) in [7, 11) is 0. The largest absolute Gasteiger partial charge is 0.351 e. The van der Waals surface area contributed by atoms with Crippen molar-refractivity contribution in [2.45, 2.75) is 45.7 Å². The van der Waals surface area contributed by atoms with Crippen molar-refractivity contribution in [2.24, 2.45) is 11.8 Å². The van der Waals surface area contributed by atoms with E-state index in [-0.39, 0.29) is 18.5 Å². The molecule has 1 fully saturated rings. The molecule has 1 amide bonds. The Balaban J connectivity index is 1.61. The van der Waals surface area contributed by atoms with Gasteiger partial charge in [0.15, 0.2) is 0 Å². The molecule has 6 nitrogen and oxygen atoms in total. The van der Waals surface area contributed by atoms with Gasteiger partial charge in [0, 0.05) is 16.6 Å². The highest BCUT2D eigenvalue weighted by molar-refractivity contribution is 6.30. The quantitative estimate of drug-likeness (QED) is 0.922. The van der Waals surface area contributed by atoms with Crippen LogP contribution in [0, 0.1) is 11.8 Å². The second kappa shape index (κ2) is 7.30. The van der Waals surface area contributed by atoms with Crippen molar-refractivity contribution in [3.63, 3.8) is 0 Å². The lowest BCUT2D eigenvalue weighted by Crippen LogP contribution is -2.45. The summed E-state index contributed by atoms with van der Waals surface area (Å²) in [5, 5.41) is 16.0. The number of benzene rings is 1. The highest BCUT2D eigenvalue weighted by Crippen LogP contribution is 2.29. The van der Waals surface area contributed by atoms with E-state index in [1.807, 2.05) is 12.1 Å². The van der Waals surface area contributed by atoms with Crippen LogP contribution in [0.5, 0.6) is 0 Å². The average molecular weight is 348 g/mol. The molecule has 0 saturated heterocycles. The minimum Gasteiger partial charge on any atom is -0.351 e. The summed E-state index contributed by atoms with van der Waals surface area (Å²) in [4.78, 5) is 13.6. The van der Waals surface area contributed by atoms with Crippen molar-refractivity contribution in [3.8, 4) is 11.4 Å². The maximum Gasteiger partial charge on any atom is 0.243 e. The van der Waals surface area contributed by atoms with E-state index in [0.29, 0.717) is 22.7 Å². The molecule has 0 spiro atoms. The van der Waals surface area contributed by atoms with Crippen molar-refractivity contribution in [1.29, 1.82) is 0 Å². The number of hydrogen-bond acceptors (Lipinski definition) is 4. The third-order valence-corrected chi connectivity index (χ3v) is 5.11. The van der Waals surface area contributed by atoms with Gasteiger partial charge in [-0.05, 0) is 35.6 Å². The number of amides is 1. The highest BCUT2D eigenvalue weighted by Gasteiger charge is 2.28. The Bertz CT molecular complexity index is 717. The fourth-order valence-electron chi connectivity index (χ4n) is 3.22. The van der Waals surface area contributed by atoms with E-state index in [4.69, 9.17) is 11.6 Å². The number of hydrogen-bond donors (Lipinski definition) is 1. The van der Waals surface area contributed by atoms with Gasteiger partial charge in [-0.1, -0.05) is 50.4 Å². The van der Waals surface area contributed by atoms with Crippen molar-refractivity contribution in [3.05, 3.63) is 29.3 Å².